The molecule has 0 radical (unpaired) electrons. The number of amides is 3. The van der Waals surface area contributed by atoms with Gasteiger partial charge in [-0.1, -0.05) is 193 Å². The van der Waals surface area contributed by atoms with Crippen molar-refractivity contribution in [1.29, 1.82) is 0 Å². The highest BCUT2D eigenvalue weighted by molar-refractivity contribution is 5.77. The fourth-order valence-corrected chi connectivity index (χ4v) is 16.8. The molecule has 0 aromatic carbocycles. The Kier molecular flexibility index (Phi) is 49.8. The van der Waals surface area contributed by atoms with Crippen LogP contribution in [-0.2, 0) is 80.8 Å². The normalized spacial score (nSPS) is 35.4. The lowest BCUT2D eigenvalue weighted by Gasteiger charge is -2.53. The van der Waals surface area contributed by atoms with E-state index in [0.29, 0.717) is 12.8 Å². The van der Waals surface area contributed by atoms with Gasteiger partial charge in [-0.05, 0) is 19.3 Å². The number of unbranched alkanes of at least 4 members (excludes halogenated alkanes) is 27. The predicted octanol–water partition coefficient (Wildman–Crippen LogP) is -3.23. The van der Waals surface area contributed by atoms with Crippen molar-refractivity contribution in [2.24, 2.45) is 0 Å². The average molecular weight is 1830 g/mol. The van der Waals surface area contributed by atoms with Crippen LogP contribution < -0.4 is 16.0 Å². The minimum atomic E-state index is -3.49. The number of hydrogen-bond donors (Lipinski definition) is 25. The van der Waals surface area contributed by atoms with E-state index in [1.807, 2.05) is 0 Å². The molecule has 0 spiro atoms. The Balaban J connectivity index is 1.27. The van der Waals surface area contributed by atoms with Crippen LogP contribution in [-0.4, -0.2) is 396 Å². The predicted molar refractivity (Wildman–Crippen MR) is 437 cm³/mol. The maximum atomic E-state index is 14.0. The Bertz CT molecular complexity index is 3110. The third-order valence-corrected chi connectivity index (χ3v) is 24.2. The number of carbonyl (C=O) groups excluding carboxylic acids is 3. The van der Waals surface area contributed by atoms with Crippen molar-refractivity contribution in [1.82, 2.24) is 16.0 Å². The van der Waals surface area contributed by atoms with Gasteiger partial charge in [-0.2, -0.15) is 0 Å². The second-order valence-corrected chi connectivity index (χ2v) is 34.2. The van der Waals surface area contributed by atoms with Crippen molar-refractivity contribution in [2.75, 3.05) is 46.2 Å². The fourth-order valence-electron chi connectivity index (χ4n) is 16.8. The van der Waals surface area contributed by atoms with E-state index in [0.717, 1.165) is 78.1 Å². The van der Waals surface area contributed by atoms with Crippen LogP contribution >= 0.6 is 0 Å². The second-order valence-electron chi connectivity index (χ2n) is 34.2. The zero-order chi connectivity index (χ0) is 93.0. The molecule has 6 heterocycles. The molecule has 0 saturated carbocycles. The van der Waals surface area contributed by atoms with Crippen molar-refractivity contribution in [3.8, 4) is 0 Å². The first kappa shape index (κ1) is 111. The summed E-state index contributed by atoms with van der Waals surface area (Å²) in [6, 6.07) is -5.18. The lowest BCUT2D eigenvalue weighted by Crippen LogP contribution is -2.72. The smallest absolute Gasteiger partial charge is 0.364 e. The highest BCUT2D eigenvalue weighted by Crippen LogP contribution is 2.43. The Morgan fingerprint density at radius 3 is 1.28 bits per heavy atom. The lowest BCUT2D eigenvalue weighted by molar-refractivity contribution is -0.405. The number of carboxylic acid groups (broad SMARTS) is 2. The number of aliphatic hydroxyl groups is 20. The quantitative estimate of drug-likeness (QED) is 0.0210. The number of aliphatic hydroxyl groups excluding tert-OH is 20. The number of ether oxygens (including phenoxy) is 12. The molecule has 0 aromatic rings. The van der Waals surface area contributed by atoms with Crippen LogP contribution in [0.4, 0.5) is 0 Å². The molecule has 12 unspecified atom stereocenters. The summed E-state index contributed by atoms with van der Waals surface area (Å²) < 4.78 is 71.9. The van der Waals surface area contributed by atoms with Gasteiger partial charge >= 0.3 is 11.9 Å². The molecule has 3 amide bonds. The van der Waals surface area contributed by atoms with Gasteiger partial charge < -0.3 is 185 Å². The summed E-state index contributed by atoms with van der Waals surface area (Å²) in [6.07, 6.45) is -31.8. The minimum absolute atomic E-state index is 0.0978. The summed E-state index contributed by atoms with van der Waals surface area (Å²) >= 11 is 0. The molecule has 6 aliphatic heterocycles. The highest BCUT2D eigenvalue weighted by atomic mass is 16.8. The first-order valence-corrected chi connectivity index (χ1v) is 45.2. The van der Waals surface area contributed by atoms with Gasteiger partial charge in [-0.15, -0.1) is 0 Å². The van der Waals surface area contributed by atoms with Crippen molar-refractivity contribution >= 4 is 29.7 Å². The Morgan fingerprint density at radius 1 is 0.413 bits per heavy atom. The van der Waals surface area contributed by atoms with E-state index in [-0.39, 0.29) is 6.42 Å². The highest BCUT2D eigenvalue weighted by Gasteiger charge is 2.64. The molecule has 42 heteroatoms. The van der Waals surface area contributed by atoms with E-state index in [4.69, 9.17) is 56.8 Å². The molecule has 126 heavy (non-hydrogen) atoms. The molecule has 0 aliphatic carbocycles. The number of hydrogen-bond acceptors (Lipinski definition) is 37. The standard InChI is InChI=1S/C84H149N3O39/c1-5-7-9-11-13-15-17-19-20-21-22-24-26-28-30-32-34-36-58(101)87-48(49(96)35-33-31-29-27-25-23-18-16-14-12-10-8-6-2)45-115-78-67(108)66(107)70(56(43-92)118-78)120-80-69(110)76(126-83(81(111)112)37-50(97)59(85-46(3)94)73(123-83)62(103)52(99)39-88)71(57(44-93)119-80)121-77-60(86-47(4)95)72(64(105)54(41-90)116-77)122-79-68(109)75(65(106)55(42-91)117-79)125-84(82(113)114)38-51(98)61(102)74(124-84)63(104)53(100)40-89/h33,35,48-57,59-80,88-93,96-100,102-110H,5-32,34,36-45H2,1-4H3,(H,85,94)(H,86,95)(H,87,101)(H,111,112)(H,113,114)/b35-33+/t48-,49+,50?,51?,52+,53+,54?,55?,56?,57?,59+,60?,61+,62+,63+,64-,65-,66+,67?,68?,69?,70+,71-,72+,73?,74?,75-,76+,77-,78+,79-,80-,83-,84-/m0/s1. The summed E-state index contributed by atoms with van der Waals surface area (Å²) in [5.74, 6) is -13.6. The van der Waals surface area contributed by atoms with Gasteiger partial charge in [0.25, 0.3) is 11.6 Å². The number of carbonyl (C=O) groups is 5. The maximum Gasteiger partial charge on any atom is 0.364 e. The van der Waals surface area contributed by atoms with Crippen molar-refractivity contribution in [3.05, 3.63) is 12.2 Å². The summed E-state index contributed by atoms with van der Waals surface area (Å²) in [4.78, 5) is 67.0. The van der Waals surface area contributed by atoms with E-state index < -0.39 is 296 Å². The first-order valence-electron chi connectivity index (χ1n) is 45.2. The first-order chi connectivity index (χ1) is 60.2. The monoisotopic (exact) mass is 1820 g/mol. The number of aliphatic carboxylic acids is 2. The van der Waals surface area contributed by atoms with Gasteiger partial charge in [0.05, 0.1) is 76.6 Å². The lowest BCUT2D eigenvalue weighted by atomic mass is 9.88. The third kappa shape index (κ3) is 32.3. The molecular formula is C84H149N3O39. The van der Waals surface area contributed by atoms with Crippen molar-refractivity contribution in [3.63, 3.8) is 0 Å². The van der Waals surface area contributed by atoms with Crippen LogP contribution in [0.1, 0.15) is 233 Å². The van der Waals surface area contributed by atoms with Crippen LogP contribution in [0.5, 0.6) is 0 Å². The number of nitrogens with one attached hydrogen (secondary N) is 3. The van der Waals surface area contributed by atoms with Gasteiger partial charge in [-0.25, -0.2) is 9.59 Å². The molecule has 6 fully saturated rings. The van der Waals surface area contributed by atoms with Crippen molar-refractivity contribution in [2.45, 2.75) is 441 Å². The molecular weight excluding hydrogens is 1670 g/mol. The number of allylic oxidation sites excluding steroid dienone is 1. The maximum absolute atomic E-state index is 14.0. The molecule has 34 atom stereocenters. The van der Waals surface area contributed by atoms with Gasteiger partial charge in [0, 0.05) is 33.1 Å². The summed E-state index contributed by atoms with van der Waals surface area (Å²) in [5, 5.41) is 254. The molecule has 6 aliphatic rings. The van der Waals surface area contributed by atoms with Crippen LogP contribution in [0.15, 0.2) is 12.2 Å². The average Bonchev–Trinajstić information content (AvgIpc) is 0.748. The number of rotatable bonds is 60. The Labute approximate surface area is 735 Å². The van der Waals surface area contributed by atoms with E-state index in [1.165, 1.54) is 115 Å². The molecule has 6 saturated heterocycles. The zero-order valence-corrected chi connectivity index (χ0v) is 73.0. The van der Waals surface area contributed by atoms with Crippen LogP contribution in [0.2, 0.25) is 0 Å². The molecule has 734 valence electrons. The fraction of sp³-hybridized carbons (Fsp3) is 0.917. The topological polar surface area (TPSA) is 677 Å². The van der Waals surface area contributed by atoms with Gasteiger partial charge in [-0.3, -0.25) is 14.4 Å². The van der Waals surface area contributed by atoms with Crippen LogP contribution in [0.3, 0.4) is 0 Å². The zero-order valence-electron chi connectivity index (χ0n) is 73.0. The Hall–Kier alpha value is -4.19. The van der Waals surface area contributed by atoms with Gasteiger partial charge in [0.15, 0.2) is 25.2 Å². The second kappa shape index (κ2) is 56.7. The number of carboxylic acids is 2. The molecule has 0 aromatic heterocycles. The minimum Gasteiger partial charge on any atom is -0.477 e. The molecule has 25 N–H and O–H groups in total. The van der Waals surface area contributed by atoms with Crippen LogP contribution in [0.25, 0.3) is 0 Å². The molecule has 0 bridgehead atoms. The van der Waals surface area contributed by atoms with E-state index >= 15 is 0 Å². The summed E-state index contributed by atoms with van der Waals surface area (Å²) in [5.41, 5.74) is 0. The Morgan fingerprint density at radius 2 is 0.802 bits per heavy atom. The summed E-state index contributed by atoms with van der Waals surface area (Å²) in [7, 11) is 0. The van der Waals surface area contributed by atoms with Gasteiger partial charge in [0.1, 0.15) is 140 Å². The SMILES string of the molecule is CCCCCCCCCCCCC/C=C/[C@@H](O)[C@H](CO[C@@H]1OC(CO)[C@@H](O[C@@H]2OC(CO)[C@H](O[C@@H]3OC(CO)[C@H](O)[C@H](O[C@@H]4OC(CO)[C@H](O)[C@H](O[C@]5(C(=O)O)CC(O)[C@@H](O)C([C@H](O)[C@H](O)CO)O5)C4O)C3NC(C)=O)[C@H](O[C@]3(C(=O)O)CC(O)[C@@H](NC(C)=O)C([C@H](O)[C@H](O)CO)O3)C2O)[C@H](O)C1O)NC(=O)CCCCCCCCCCCCCCCCCCC. The van der Waals surface area contributed by atoms with E-state index in [1.54, 1.807) is 6.08 Å². The van der Waals surface area contributed by atoms with Crippen molar-refractivity contribution < 1.29 is 193 Å². The summed E-state index contributed by atoms with van der Waals surface area (Å²) in [6.45, 7) is -1.75. The van der Waals surface area contributed by atoms with E-state index in [9.17, 15) is 136 Å². The van der Waals surface area contributed by atoms with Gasteiger partial charge in [0.2, 0.25) is 17.7 Å². The molecule has 6 rings (SSSR count). The largest absolute Gasteiger partial charge is 0.477 e. The van der Waals surface area contributed by atoms with Crippen LogP contribution in [0, 0.1) is 0 Å². The third-order valence-electron chi connectivity index (χ3n) is 24.2. The molecule has 42 nitrogen and oxygen atoms in total. The van der Waals surface area contributed by atoms with E-state index in [2.05, 4.69) is 29.8 Å².